The van der Waals surface area contributed by atoms with E-state index in [-0.39, 0.29) is 5.41 Å². The van der Waals surface area contributed by atoms with Gasteiger partial charge in [-0.3, -0.25) is 0 Å². The maximum atomic E-state index is 11.5. The summed E-state index contributed by atoms with van der Waals surface area (Å²) in [6.45, 7) is 4.68. The molecule has 0 N–H and O–H groups in total. The molecule has 0 radical (unpaired) electrons. The van der Waals surface area contributed by atoms with Crippen LogP contribution >= 0.6 is 0 Å². The van der Waals surface area contributed by atoms with E-state index >= 15 is 0 Å². The Morgan fingerprint density at radius 2 is 1.87 bits per heavy atom. The summed E-state index contributed by atoms with van der Waals surface area (Å²) in [5, 5.41) is 0. The van der Waals surface area contributed by atoms with Crippen molar-refractivity contribution in [3.8, 4) is 0 Å². The summed E-state index contributed by atoms with van der Waals surface area (Å²) >= 11 is 0. The molecule has 0 aliphatic heterocycles. The van der Waals surface area contributed by atoms with Gasteiger partial charge in [-0.1, -0.05) is 33.1 Å². The first-order valence-electron chi connectivity index (χ1n) is 6.57. The second kappa shape index (κ2) is 3.92. The van der Waals surface area contributed by atoms with Crippen LogP contribution in [0.3, 0.4) is 0 Å². The first-order chi connectivity index (χ1) is 7.10. The zero-order valence-electron chi connectivity index (χ0n) is 10.2. The Kier molecular flexibility index (Phi) is 2.92. The predicted molar refractivity (Wildman–Crippen MR) is 62.7 cm³/mol. The number of carbonyl (C=O) groups is 1. The lowest BCUT2D eigenvalue weighted by Gasteiger charge is -2.36. The van der Waals surface area contributed by atoms with Crippen LogP contribution in [-0.4, -0.2) is 6.29 Å². The molecular formula is C14H24O. The quantitative estimate of drug-likeness (QED) is 0.641. The molecule has 2 fully saturated rings. The highest BCUT2D eigenvalue weighted by molar-refractivity contribution is 5.60. The third kappa shape index (κ3) is 1.98. The molecule has 0 saturated heterocycles. The van der Waals surface area contributed by atoms with Crippen LogP contribution in [-0.2, 0) is 4.79 Å². The smallest absolute Gasteiger partial charge is 0.126 e. The molecule has 0 aromatic heterocycles. The largest absolute Gasteiger partial charge is 0.303 e. The van der Waals surface area contributed by atoms with E-state index in [9.17, 15) is 4.79 Å². The third-order valence-electron chi connectivity index (χ3n) is 5.06. The Hall–Kier alpha value is -0.330. The Bertz CT molecular complexity index is 240. The van der Waals surface area contributed by atoms with Crippen molar-refractivity contribution in [3.05, 3.63) is 0 Å². The molecule has 1 heteroatoms. The van der Waals surface area contributed by atoms with E-state index in [1.807, 2.05) is 0 Å². The summed E-state index contributed by atoms with van der Waals surface area (Å²) < 4.78 is 0. The highest BCUT2D eigenvalue weighted by Gasteiger charge is 2.45. The van der Waals surface area contributed by atoms with Crippen LogP contribution in [0, 0.1) is 16.7 Å². The molecule has 0 heterocycles. The summed E-state index contributed by atoms with van der Waals surface area (Å²) in [6, 6.07) is 0. The van der Waals surface area contributed by atoms with Gasteiger partial charge in [0.25, 0.3) is 0 Å². The van der Waals surface area contributed by atoms with E-state index in [0.29, 0.717) is 11.3 Å². The van der Waals surface area contributed by atoms with Crippen LogP contribution in [0.25, 0.3) is 0 Å². The van der Waals surface area contributed by atoms with Crippen LogP contribution in [0.5, 0.6) is 0 Å². The van der Waals surface area contributed by atoms with Crippen LogP contribution in [0.15, 0.2) is 0 Å². The van der Waals surface area contributed by atoms with E-state index in [0.717, 1.165) is 12.8 Å². The maximum absolute atomic E-state index is 11.5. The molecule has 2 aliphatic carbocycles. The monoisotopic (exact) mass is 208 g/mol. The van der Waals surface area contributed by atoms with Gasteiger partial charge in [0.1, 0.15) is 6.29 Å². The minimum absolute atomic E-state index is 0.0408. The standard InChI is InChI=1S/C14H24O/c1-12-6-5-9-14(12,11-15)10-13(2)7-3-4-8-13/h11-12H,3-10H2,1-2H3. The summed E-state index contributed by atoms with van der Waals surface area (Å²) in [6.07, 6.45) is 11.6. The fourth-order valence-electron chi connectivity index (χ4n) is 3.95. The predicted octanol–water partition coefficient (Wildman–Crippen LogP) is 3.96. The molecule has 0 bridgehead atoms. The van der Waals surface area contributed by atoms with Crippen LogP contribution in [0.4, 0.5) is 0 Å². The van der Waals surface area contributed by atoms with Gasteiger partial charge in [0.2, 0.25) is 0 Å². The van der Waals surface area contributed by atoms with Crippen molar-refractivity contribution in [2.75, 3.05) is 0 Å². The normalized spacial score (nSPS) is 39.5. The SMILES string of the molecule is CC1CCCC1(C=O)CC1(C)CCCC1. The number of hydrogen-bond acceptors (Lipinski definition) is 1. The Labute approximate surface area is 93.6 Å². The first kappa shape index (κ1) is 11.2. The van der Waals surface area contributed by atoms with Crippen LogP contribution in [0.2, 0.25) is 0 Å². The van der Waals surface area contributed by atoms with Gasteiger partial charge >= 0.3 is 0 Å². The fraction of sp³-hybridized carbons (Fsp3) is 0.929. The Morgan fingerprint density at radius 1 is 1.20 bits per heavy atom. The second-order valence-corrected chi connectivity index (χ2v) is 6.34. The summed E-state index contributed by atoms with van der Waals surface area (Å²) in [7, 11) is 0. The van der Waals surface area contributed by atoms with Crippen molar-refractivity contribution < 1.29 is 4.79 Å². The van der Waals surface area contributed by atoms with Gasteiger partial charge in [0.15, 0.2) is 0 Å². The fourth-order valence-corrected chi connectivity index (χ4v) is 3.95. The summed E-state index contributed by atoms with van der Waals surface area (Å²) in [4.78, 5) is 11.5. The molecule has 2 aliphatic rings. The molecule has 0 amide bonds. The van der Waals surface area contributed by atoms with Gasteiger partial charge in [-0.2, -0.15) is 0 Å². The van der Waals surface area contributed by atoms with Crippen molar-refractivity contribution in [2.24, 2.45) is 16.7 Å². The molecular weight excluding hydrogens is 184 g/mol. The van der Waals surface area contributed by atoms with Crippen molar-refractivity contribution in [3.63, 3.8) is 0 Å². The minimum Gasteiger partial charge on any atom is -0.303 e. The average Bonchev–Trinajstić information content (AvgIpc) is 2.76. The topological polar surface area (TPSA) is 17.1 Å². The van der Waals surface area contributed by atoms with E-state index < -0.39 is 0 Å². The van der Waals surface area contributed by atoms with Crippen LogP contribution < -0.4 is 0 Å². The molecule has 86 valence electrons. The van der Waals surface area contributed by atoms with E-state index in [2.05, 4.69) is 13.8 Å². The van der Waals surface area contributed by atoms with Gasteiger partial charge in [0, 0.05) is 5.41 Å². The Morgan fingerprint density at radius 3 is 2.33 bits per heavy atom. The molecule has 0 aromatic rings. The first-order valence-corrected chi connectivity index (χ1v) is 6.57. The van der Waals surface area contributed by atoms with Crippen molar-refractivity contribution in [2.45, 2.75) is 65.2 Å². The van der Waals surface area contributed by atoms with E-state index in [1.165, 1.54) is 44.8 Å². The molecule has 1 nitrogen and oxygen atoms in total. The lowest BCUT2D eigenvalue weighted by atomic mass is 9.67. The molecule has 15 heavy (non-hydrogen) atoms. The van der Waals surface area contributed by atoms with Crippen molar-refractivity contribution in [1.29, 1.82) is 0 Å². The average molecular weight is 208 g/mol. The van der Waals surface area contributed by atoms with Crippen molar-refractivity contribution >= 4 is 6.29 Å². The van der Waals surface area contributed by atoms with Gasteiger partial charge < -0.3 is 4.79 Å². The summed E-state index contributed by atoms with van der Waals surface area (Å²) in [5.41, 5.74) is 0.512. The van der Waals surface area contributed by atoms with E-state index in [4.69, 9.17) is 0 Å². The third-order valence-corrected chi connectivity index (χ3v) is 5.06. The highest BCUT2D eigenvalue weighted by Crippen LogP contribution is 2.53. The molecule has 2 atom stereocenters. The lowest BCUT2D eigenvalue weighted by Crippen LogP contribution is -2.32. The minimum atomic E-state index is 0.0408. The number of aldehydes is 1. The van der Waals surface area contributed by atoms with Crippen molar-refractivity contribution in [1.82, 2.24) is 0 Å². The number of hydrogen-bond donors (Lipinski definition) is 0. The maximum Gasteiger partial charge on any atom is 0.126 e. The second-order valence-electron chi connectivity index (χ2n) is 6.34. The van der Waals surface area contributed by atoms with Gasteiger partial charge in [0.05, 0.1) is 0 Å². The molecule has 0 spiro atoms. The van der Waals surface area contributed by atoms with Gasteiger partial charge in [-0.25, -0.2) is 0 Å². The summed E-state index contributed by atoms with van der Waals surface area (Å²) in [5.74, 6) is 0.618. The molecule has 2 saturated carbocycles. The Balaban J connectivity index is 2.10. The number of rotatable bonds is 3. The van der Waals surface area contributed by atoms with Crippen LogP contribution in [0.1, 0.15) is 65.2 Å². The van der Waals surface area contributed by atoms with Gasteiger partial charge in [-0.15, -0.1) is 0 Å². The van der Waals surface area contributed by atoms with Gasteiger partial charge in [-0.05, 0) is 43.4 Å². The lowest BCUT2D eigenvalue weighted by molar-refractivity contribution is -0.119. The van der Waals surface area contributed by atoms with E-state index in [1.54, 1.807) is 0 Å². The zero-order valence-corrected chi connectivity index (χ0v) is 10.2. The highest BCUT2D eigenvalue weighted by atomic mass is 16.1. The molecule has 2 rings (SSSR count). The zero-order chi connectivity index (χ0) is 10.9. The number of carbonyl (C=O) groups excluding carboxylic acids is 1. The molecule has 2 unspecified atom stereocenters. The molecule has 0 aromatic carbocycles.